The van der Waals surface area contributed by atoms with Gasteiger partial charge in [0.2, 0.25) is 0 Å². The van der Waals surface area contributed by atoms with Gasteiger partial charge < -0.3 is 5.32 Å². The lowest BCUT2D eigenvalue weighted by Gasteiger charge is -2.27. The lowest BCUT2D eigenvalue weighted by atomic mass is 9.88. The van der Waals surface area contributed by atoms with Gasteiger partial charge in [-0.1, -0.05) is 18.9 Å². The third kappa shape index (κ3) is 3.69. The van der Waals surface area contributed by atoms with Crippen LogP contribution in [0.15, 0.2) is 18.2 Å². The molecule has 1 nitrogen and oxygen atoms in total. The van der Waals surface area contributed by atoms with Gasteiger partial charge in [0.15, 0.2) is 0 Å². The lowest BCUT2D eigenvalue weighted by molar-refractivity contribution is 0.348. The first-order valence-electron chi connectivity index (χ1n) is 6.76. The van der Waals surface area contributed by atoms with E-state index in [9.17, 15) is 4.39 Å². The molecule has 0 radical (unpaired) electrons. The molecule has 1 saturated carbocycles. The second kappa shape index (κ2) is 6.53. The van der Waals surface area contributed by atoms with Crippen molar-refractivity contribution < 1.29 is 4.39 Å². The highest BCUT2D eigenvalue weighted by Crippen LogP contribution is 2.28. The highest BCUT2D eigenvalue weighted by atomic mass is 35.5. The van der Waals surface area contributed by atoms with Crippen molar-refractivity contribution in [1.29, 1.82) is 0 Å². The van der Waals surface area contributed by atoms with E-state index in [0.717, 1.165) is 30.6 Å². The van der Waals surface area contributed by atoms with E-state index in [2.05, 4.69) is 5.32 Å². The summed E-state index contributed by atoms with van der Waals surface area (Å²) in [6, 6.07) is 4.95. The van der Waals surface area contributed by atoms with Gasteiger partial charge in [0.1, 0.15) is 5.82 Å². The Morgan fingerprint density at radius 3 is 2.89 bits per heavy atom. The first kappa shape index (κ1) is 13.8. The van der Waals surface area contributed by atoms with E-state index in [0.29, 0.717) is 11.3 Å². The maximum atomic E-state index is 13.1. The average Bonchev–Trinajstić information content (AvgIpc) is 2.36. The molecule has 0 saturated heterocycles. The van der Waals surface area contributed by atoms with Crippen molar-refractivity contribution in [2.75, 3.05) is 6.54 Å². The number of aryl methyl sites for hydroxylation is 1. The van der Waals surface area contributed by atoms with Gasteiger partial charge in [-0.3, -0.25) is 0 Å². The van der Waals surface area contributed by atoms with Crippen LogP contribution in [0, 0.1) is 18.7 Å². The van der Waals surface area contributed by atoms with E-state index in [-0.39, 0.29) is 5.82 Å². The van der Waals surface area contributed by atoms with Crippen molar-refractivity contribution in [3.05, 3.63) is 35.1 Å². The van der Waals surface area contributed by atoms with Gasteiger partial charge in [0.25, 0.3) is 0 Å². The van der Waals surface area contributed by atoms with Crippen LogP contribution >= 0.6 is 11.6 Å². The summed E-state index contributed by atoms with van der Waals surface area (Å²) in [5.74, 6) is 0.402. The van der Waals surface area contributed by atoms with Crippen LogP contribution < -0.4 is 5.32 Å². The van der Waals surface area contributed by atoms with Crippen LogP contribution in [0.3, 0.4) is 0 Å². The van der Waals surface area contributed by atoms with Gasteiger partial charge in [-0.2, -0.15) is 0 Å². The van der Waals surface area contributed by atoms with E-state index in [1.165, 1.54) is 25.3 Å². The van der Waals surface area contributed by atoms with Crippen LogP contribution in [0.5, 0.6) is 0 Å². The Morgan fingerprint density at radius 1 is 1.33 bits per heavy atom. The molecule has 100 valence electrons. The number of benzene rings is 1. The van der Waals surface area contributed by atoms with Crippen LogP contribution in [0.4, 0.5) is 4.39 Å². The Morgan fingerprint density at radius 2 is 2.11 bits per heavy atom. The van der Waals surface area contributed by atoms with Crippen molar-refractivity contribution in [3.8, 4) is 0 Å². The summed E-state index contributed by atoms with van der Waals surface area (Å²) in [6.07, 6.45) is 4.89. The lowest BCUT2D eigenvalue weighted by Crippen LogP contribution is -2.31. The molecule has 1 fully saturated rings. The van der Waals surface area contributed by atoms with Crippen LogP contribution in [-0.2, 0) is 6.54 Å². The predicted octanol–water partition coefficient (Wildman–Crippen LogP) is 4.02. The Bertz CT molecular complexity index is 394. The van der Waals surface area contributed by atoms with Gasteiger partial charge in [-0.15, -0.1) is 11.6 Å². The largest absolute Gasteiger partial charge is 0.312 e. The highest BCUT2D eigenvalue weighted by Gasteiger charge is 2.22. The summed E-state index contributed by atoms with van der Waals surface area (Å²) in [7, 11) is 0. The van der Waals surface area contributed by atoms with Gasteiger partial charge in [-0.25, -0.2) is 4.39 Å². The van der Waals surface area contributed by atoms with Crippen LogP contribution in [0.2, 0.25) is 0 Å². The minimum Gasteiger partial charge on any atom is -0.312 e. The molecule has 1 N–H and O–H groups in total. The fraction of sp³-hybridized carbons (Fsp3) is 0.600. The molecule has 2 atom stereocenters. The molecule has 1 aromatic carbocycles. The number of alkyl halides is 1. The molecule has 3 heteroatoms. The van der Waals surface area contributed by atoms with Crippen LogP contribution in [-0.4, -0.2) is 11.9 Å². The minimum absolute atomic E-state index is 0.162. The smallest absolute Gasteiger partial charge is 0.123 e. The standard InChI is InChI=1S/C15H21ClFN/c1-11-6-7-14(17)8-13(11)10-18-9-12-4-2-3-5-15(12)16/h6-8,12,15,18H,2-5,9-10H2,1H3. The molecule has 0 amide bonds. The van der Waals surface area contributed by atoms with Crippen molar-refractivity contribution in [2.45, 2.75) is 44.5 Å². The summed E-state index contributed by atoms with van der Waals surface area (Å²) in [4.78, 5) is 0. The molecule has 0 bridgehead atoms. The molecule has 0 aliphatic heterocycles. The zero-order chi connectivity index (χ0) is 13.0. The normalized spacial score (nSPS) is 24.2. The van der Waals surface area contributed by atoms with Gasteiger partial charge in [0, 0.05) is 11.9 Å². The van der Waals surface area contributed by atoms with Crippen molar-refractivity contribution in [2.24, 2.45) is 5.92 Å². The highest BCUT2D eigenvalue weighted by molar-refractivity contribution is 6.20. The second-order valence-electron chi connectivity index (χ2n) is 5.26. The zero-order valence-corrected chi connectivity index (χ0v) is 11.6. The SMILES string of the molecule is Cc1ccc(F)cc1CNCC1CCCCC1Cl. The van der Waals surface area contributed by atoms with Crippen molar-refractivity contribution in [3.63, 3.8) is 0 Å². The molecule has 1 aliphatic rings. The zero-order valence-electron chi connectivity index (χ0n) is 10.9. The molecule has 18 heavy (non-hydrogen) atoms. The Hall–Kier alpha value is -0.600. The fourth-order valence-corrected chi connectivity index (χ4v) is 2.98. The van der Waals surface area contributed by atoms with Gasteiger partial charge >= 0.3 is 0 Å². The molecular formula is C15H21ClFN. The summed E-state index contributed by atoms with van der Waals surface area (Å²) >= 11 is 6.32. The van der Waals surface area contributed by atoms with E-state index < -0.39 is 0 Å². The molecule has 0 aromatic heterocycles. The topological polar surface area (TPSA) is 12.0 Å². The Balaban J connectivity index is 1.82. The van der Waals surface area contributed by atoms with Crippen LogP contribution in [0.25, 0.3) is 0 Å². The number of halogens is 2. The molecular weight excluding hydrogens is 249 g/mol. The number of hydrogen-bond acceptors (Lipinski definition) is 1. The number of rotatable bonds is 4. The summed E-state index contributed by atoms with van der Waals surface area (Å²) < 4.78 is 13.1. The molecule has 2 rings (SSSR count). The van der Waals surface area contributed by atoms with Crippen molar-refractivity contribution >= 4 is 11.6 Å². The molecule has 0 spiro atoms. The molecule has 1 aliphatic carbocycles. The fourth-order valence-electron chi connectivity index (χ4n) is 2.62. The van der Waals surface area contributed by atoms with E-state index >= 15 is 0 Å². The quantitative estimate of drug-likeness (QED) is 0.814. The third-order valence-electron chi connectivity index (χ3n) is 3.85. The first-order chi connectivity index (χ1) is 8.66. The Kier molecular flexibility index (Phi) is 5.02. The monoisotopic (exact) mass is 269 g/mol. The summed E-state index contributed by atoms with van der Waals surface area (Å²) in [5, 5.41) is 3.72. The Labute approximate surface area is 114 Å². The van der Waals surface area contributed by atoms with E-state index in [4.69, 9.17) is 11.6 Å². The number of nitrogens with one attached hydrogen (secondary N) is 1. The molecule has 0 heterocycles. The molecule has 2 unspecified atom stereocenters. The predicted molar refractivity (Wildman–Crippen MR) is 74.4 cm³/mol. The van der Waals surface area contributed by atoms with E-state index in [1.54, 1.807) is 6.07 Å². The maximum Gasteiger partial charge on any atom is 0.123 e. The van der Waals surface area contributed by atoms with Crippen LogP contribution in [0.1, 0.15) is 36.8 Å². The molecule has 1 aromatic rings. The first-order valence-corrected chi connectivity index (χ1v) is 7.20. The second-order valence-corrected chi connectivity index (χ2v) is 5.82. The van der Waals surface area contributed by atoms with Crippen molar-refractivity contribution in [1.82, 2.24) is 5.32 Å². The summed E-state index contributed by atoms with van der Waals surface area (Å²) in [6.45, 7) is 3.68. The van der Waals surface area contributed by atoms with E-state index in [1.807, 2.05) is 13.0 Å². The maximum absolute atomic E-state index is 13.1. The average molecular weight is 270 g/mol. The third-order valence-corrected chi connectivity index (χ3v) is 4.42. The minimum atomic E-state index is -0.162. The number of hydrogen-bond donors (Lipinski definition) is 1. The summed E-state index contributed by atoms with van der Waals surface area (Å²) in [5.41, 5.74) is 2.17. The van der Waals surface area contributed by atoms with Gasteiger partial charge in [-0.05, 0) is 55.5 Å². The van der Waals surface area contributed by atoms with Gasteiger partial charge in [0.05, 0.1) is 0 Å².